The minimum Gasteiger partial charge on any atom is -0.454 e. The van der Waals surface area contributed by atoms with Gasteiger partial charge in [-0.1, -0.05) is 100 Å². The minimum absolute atomic E-state index is 0.148. The van der Waals surface area contributed by atoms with E-state index in [1.807, 2.05) is 114 Å². The lowest BCUT2D eigenvalue weighted by Crippen LogP contribution is -2.18. The number of rotatable bonds is 6. The molecule has 4 aromatic heterocycles. The van der Waals surface area contributed by atoms with Gasteiger partial charge in [0.2, 0.25) is 0 Å². The molecule has 14 heteroatoms. The molecule has 2 aliphatic rings. The molecule has 13 aromatic rings. The van der Waals surface area contributed by atoms with Gasteiger partial charge in [-0.05, 0) is 154 Å². The highest BCUT2D eigenvalue weighted by Gasteiger charge is 2.41. The molecule has 0 unspecified atom stereocenters. The molecule has 0 fully saturated rings. The van der Waals surface area contributed by atoms with Gasteiger partial charge in [-0.3, -0.25) is 0 Å². The summed E-state index contributed by atoms with van der Waals surface area (Å²) in [6, 6.07) is 50.5. The smallest absolute Gasteiger partial charge is 0.416 e. The van der Waals surface area contributed by atoms with Crippen LogP contribution in [0.25, 0.3) is 80.9 Å². The Morgan fingerprint density at radius 1 is 0.402 bits per heavy atom. The van der Waals surface area contributed by atoms with E-state index in [0.29, 0.717) is 45.2 Å². The van der Waals surface area contributed by atoms with E-state index in [4.69, 9.17) is 4.42 Å². The largest absolute Gasteiger partial charge is 0.454 e. The number of thiophene rings is 1. The topological polar surface area (TPSA) is 24.0 Å². The van der Waals surface area contributed by atoms with Crippen molar-refractivity contribution < 1.29 is 43.9 Å². The van der Waals surface area contributed by atoms with Crippen LogP contribution in [0.5, 0.6) is 0 Å². The van der Waals surface area contributed by atoms with Crippen LogP contribution >= 0.6 is 11.3 Å². The average Bonchev–Trinajstić information content (AvgIpc) is 3.31. The van der Waals surface area contributed by atoms with E-state index >= 15 is 0 Å². The Balaban J connectivity index is 0.914. The van der Waals surface area contributed by atoms with Gasteiger partial charge in [-0.25, -0.2) is 0 Å². The van der Waals surface area contributed by atoms with E-state index in [2.05, 4.69) is 50.3 Å². The summed E-state index contributed by atoms with van der Waals surface area (Å²) in [7, 11) is 0. The van der Waals surface area contributed by atoms with Crippen molar-refractivity contribution in [2.45, 2.75) is 64.0 Å². The Bertz CT molecular complexity index is 4850. The Morgan fingerprint density at radius 2 is 0.878 bits per heavy atom. The molecule has 0 saturated heterocycles. The number of hydrogen-bond donors (Lipinski definition) is 0. The number of hydrogen-bond acceptors (Lipinski definition) is 4. The molecular formula is C68H44F9N3OS. The Labute approximate surface area is 466 Å². The first kappa shape index (κ1) is 50.2. The van der Waals surface area contributed by atoms with Crippen LogP contribution in [-0.4, -0.2) is 4.40 Å². The van der Waals surface area contributed by atoms with Gasteiger partial charge in [-0.2, -0.15) is 39.5 Å². The molecule has 0 bridgehead atoms. The number of fused-ring (bicyclic) bond motifs is 16. The van der Waals surface area contributed by atoms with Crippen molar-refractivity contribution in [3.63, 3.8) is 0 Å². The first-order valence-electron chi connectivity index (χ1n) is 26.6. The number of alkyl halides is 9. The summed E-state index contributed by atoms with van der Waals surface area (Å²) in [6.07, 6.45) is -14.8. The van der Waals surface area contributed by atoms with Gasteiger partial charge in [0, 0.05) is 77.3 Å². The van der Waals surface area contributed by atoms with Crippen molar-refractivity contribution in [1.29, 1.82) is 0 Å². The minimum atomic E-state index is -5.09. The molecule has 4 nitrogen and oxygen atoms in total. The van der Waals surface area contributed by atoms with Gasteiger partial charge in [0.15, 0.2) is 5.58 Å². The van der Waals surface area contributed by atoms with Crippen LogP contribution in [0.1, 0.15) is 72.2 Å². The van der Waals surface area contributed by atoms with Gasteiger partial charge in [0.05, 0.1) is 32.4 Å². The first-order valence-corrected chi connectivity index (χ1v) is 27.4. The second-order valence-corrected chi connectivity index (χ2v) is 23.8. The van der Waals surface area contributed by atoms with Crippen molar-refractivity contribution in [1.82, 2.24) is 4.40 Å². The number of nitrogens with zero attached hydrogens (tertiary/aromatic N) is 3. The molecule has 0 radical (unpaired) electrons. The second-order valence-electron chi connectivity index (χ2n) is 22.7. The third-order valence-electron chi connectivity index (χ3n) is 17.1. The quantitative estimate of drug-likeness (QED) is 0.155. The molecule has 9 aromatic carbocycles. The van der Waals surface area contributed by atoms with E-state index < -0.39 is 46.0 Å². The SMILES string of the molecule is Cc1cc(N(c2ccc3c(c2)C(C)(C)c2ccccc2-3)c2ccc3c(c2)oc2c4cccc5c6sc7cc(N(c8cc(C(F)(F)F)cc(C(F)(F)F)c8)c8ccc9c(c8)C(C)(C)c8ccccc8-9)ccc7c6n(c45)c32)cc(C(F)(F)F)c1. The highest BCUT2D eigenvalue weighted by atomic mass is 32.1. The molecule has 406 valence electrons. The molecule has 4 heterocycles. The molecule has 82 heavy (non-hydrogen) atoms. The molecule has 2 aliphatic carbocycles. The Hall–Kier alpha value is -8.75. The molecule has 15 rings (SSSR count). The number of halogens is 9. The summed E-state index contributed by atoms with van der Waals surface area (Å²) in [5.74, 6) is 0. The zero-order chi connectivity index (χ0) is 56.9. The van der Waals surface area contributed by atoms with Gasteiger partial charge >= 0.3 is 18.5 Å². The maximum atomic E-state index is 14.6. The van der Waals surface area contributed by atoms with E-state index in [9.17, 15) is 39.5 Å². The maximum absolute atomic E-state index is 14.6. The molecule has 0 amide bonds. The van der Waals surface area contributed by atoms with E-state index in [1.54, 1.807) is 25.1 Å². The molecule has 0 aliphatic heterocycles. The van der Waals surface area contributed by atoms with E-state index in [1.165, 1.54) is 22.3 Å². The summed E-state index contributed by atoms with van der Waals surface area (Å²) in [6.45, 7) is 10.1. The molecule has 0 N–H and O–H groups in total. The number of furan rings is 1. The first-order chi connectivity index (χ1) is 38.9. The van der Waals surface area contributed by atoms with Gasteiger partial charge in [0.1, 0.15) is 11.1 Å². The molecular weight excluding hydrogens is 1080 g/mol. The van der Waals surface area contributed by atoms with Crippen molar-refractivity contribution in [2.75, 3.05) is 9.80 Å². The van der Waals surface area contributed by atoms with Crippen LogP contribution in [0.4, 0.5) is 73.6 Å². The number of benzene rings is 9. The normalized spacial score (nSPS) is 14.7. The molecule has 0 saturated carbocycles. The molecule has 0 spiro atoms. The zero-order valence-electron chi connectivity index (χ0n) is 44.3. The lowest BCUT2D eigenvalue weighted by Gasteiger charge is -2.29. The van der Waals surface area contributed by atoms with Crippen LogP contribution in [-0.2, 0) is 29.4 Å². The number of para-hydroxylation sites is 1. The van der Waals surface area contributed by atoms with Crippen LogP contribution < -0.4 is 9.80 Å². The number of aryl methyl sites for hydroxylation is 1. The van der Waals surface area contributed by atoms with Crippen molar-refractivity contribution in [3.05, 3.63) is 220 Å². The highest BCUT2D eigenvalue weighted by Crippen LogP contribution is 2.55. The lowest BCUT2D eigenvalue weighted by molar-refractivity contribution is -0.143. The summed E-state index contributed by atoms with van der Waals surface area (Å²) < 4.78 is 142. The van der Waals surface area contributed by atoms with E-state index in [0.717, 1.165) is 110 Å². The van der Waals surface area contributed by atoms with Crippen LogP contribution in [0.3, 0.4) is 0 Å². The van der Waals surface area contributed by atoms with E-state index in [-0.39, 0.29) is 11.8 Å². The third-order valence-corrected chi connectivity index (χ3v) is 18.3. The Morgan fingerprint density at radius 3 is 1.45 bits per heavy atom. The zero-order valence-corrected chi connectivity index (χ0v) is 45.1. The average molecular weight is 1120 g/mol. The summed E-state index contributed by atoms with van der Waals surface area (Å²) in [5.41, 5.74) is 9.69. The predicted molar refractivity (Wildman–Crippen MR) is 310 cm³/mol. The fourth-order valence-electron chi connectivity index (χ4n) is 13.4. The van der Waals surface area contributed by atoms with Crippen LogP contribution in [0.2, 0.25) is 0 Å². The van der Waals surface area contributed by atoms with Crippen LogP contribution in [0, 0.1) is 6.92 Å². The van der Waals surface area contributed by atoms with Gasteiger partial charge < -0.3 is 18.6 Å². The second kappa shape index (κ2) is 16.7. The Kier molecular flexibility index (Phi) is 10.2. The fourth-order valence-corrected chi connectivity index (χ4v) is 14.6. The summed E-state index contributed by atoms with van der Waals surface area (Å²) in [4.78, 5) is 3.32. The highest BCUT2D eigenvalue weighted by molar-refractivity contribution is 7.26. The van der Waals surface area contributed by atoms with Crippen molar-refractivity contribution in [3.8, 4) is 22.3 Å². The van der Waals surface area contributed by atoms with Gasteiger partial charge in [0.25, 0.3) is 0 Å². The molecule has 0 atom stereocenters. The summed E-state index contributed by atoms with van der Waals surface area (Å²) in [5, 5.41) is 3.29. The maximum Gasteiger partial charge on any atom is 0.416 e. The van der Waals surface area contributed by atoms with Gasteiger partial charge in [-0.15, -0.1) is 11.3 Å². The number of aromatic nitrogens is 1. The number of anilines is 6. The predicted octanol–water partition coefficient (Wildman–Crippen LogP) is 21.7. The van der Waals surface area contributed by atoms with Crippen molar-refractivity contribution in [2.24, 2.45) is 0 Å². The van der Waals surface area contributed by atoms with Crippen molar-refractivity contribution >= 4 is 104 Å². The summed E-state index contributed by atoms with van der Waals surface area (Å²) >= 11 is 1.47. The fraction of sp³-hybridized carbons (Fsp3) is 0.147. The standard InChI is InChI=1S/C68H44F9N3OS/c1-35-25-36(66(69,70)71)28-43(26-35)78(39-17-21-47-45-11-6-8-15-53(45)64(2,3)55(47)31-39)41-19-23-49-57(33-41)81-62-51-13-10-14-52-59(51)80(60(49)62)61-50-24-20-42(34-58(50)82-63(52)61)79(44-29-37(67(72,73)74)27-38(30-44)68(75,76)77)40-18-22-48-46-12-7-9-16-54(46)65(4,5)56(48)32-40/h6-34H,1-5H3. The third kappa shape index (κ3) is 7.18. The lowest BCUT2D eigenvalue weighted by atomic mass is 9.82. The monoisotopic (exact) mass is 1120 g/mol. The van der Waals surface area contributed by atoms with Crippen LogP contribution in [0.15, 0.2) is 180 Å².